The van der Waals surface area contributed by atoms with Crippen LogP contribution in [0.4, 0.5) is 9.52 Å². The predicted octanol–water partition coefficient (Wildman–Crippen LogP) is 4.64. The van der Waals surface area contributed by atoms with Crippen LogP contribution < -0.4 is 5.32 Å². The average Bonchev–Trinajstić information content (AvgIpc) is 3.06. The van der Waals surface area contributed by atoms with E-state index in [0.29, 0.717) is 5.13 Å². The van der Waals surface area contributed by atoms with Gasteiger partial charge in [-0.1, -0.05) is 12.1 Å². The van der Waals surface area contributed by atoms with Gasteiger partial charge in [0.05, 0.1) is 10.6 Å². The number of anilines is 1. The lowest BCUT2D eigenvalue weighted by atomic mass is 10.2. The summed E-state index contributed by atoms with van der Waals surface area (Å²) in [6.45, 7) is 1.45. The van der Waals surface area contributed by atoms with Gasteiger partial charge in [0.25, 0.3) is 0 Å². The fourth-order valence-electron chi connectivity index (χ4n) is 1.87. The smallest absolute Gasteiger partial charge is 0.223 e. The van der Waals surface area contributed by atoms with Crippen LogP contribution in [0.3, 0.4) is 0 Å². The molecule has 0 spiro atoms. The number of nitrogens with one attached hydrogen (secondary N) is 1. The molecule has 0 bridgehead atoms. The van der Waals surface area contributed by atoms with Crippen molar-refractivity contribution in [1.82, 2.24) is 4.98 Å². The van der Waals surface area contributed by atoms with Crippen LogP contribution in [-0.2, 0) is 4.79 Å². The van der Waals surface area contributed by atoms with Crippen LogP contribution in [0.25, 0.3) is 21.0 Å². The molecular weight excluding hydrogens is 307 g/mol. The second kappa shape index (κ2) is 5.75. The number of rotatable bonds is 3. The predicted molar refractivity (Wildman–Crippen MR) is 85.1 cm³/mol. The number of benzene rings is 1. The van der Waals surface area contributed by atoms with Crippen LogP contribution in [0.5, 0.6) is 0 Å². The van der Waals surface area contributed by atoms with Gasteiger partial charge >= 0.3 is 0 Å². The maximum Gasteiger partial charge on any atom is 0.223 e. The standard InChI is InChI=1S/C15H11FN2OS2/c1-9(19)17-15-18-12(8-20-15)14-6-5-13(21-14)10-3-2-4-11(16)7-10/h2-8H,1H3,(H,17,18,19). The van der Waals surface area contributed by atoms with E-state index in [1.165, 1.54) is 30.4 Å². The highest BCUT2D eigenvalue weighted by atomic mass is 32.1. The summed E-state index contributed by atoms with van der Waals surface area (Å²) in [5, 5.41) is 5.14. The highest BCUT2D eigenvalue weighted by Crippen LogP contribution is 2.35. The first-order valence-electron chi connectivity index (χ1n) is 6.21. The van der Waals surface area contributed by atoms with E-state index in [0.717, 1.165) is 21.0 Å². The van der Waals surface area contributed by atoms with Crippen LogP contribution in [0.15, 0.2) is 41.8 Å². The Kier molecular flexibility index (Phi) is 3.81. The fourth-order valence-corrected chi connectivity index (χ4v) is 3.66. The zero-order valence-electron chi connectivity index (χ0n) is 11.1. The van der Waals surface area contributed by atoms with Gasteiger partial charge in [0.1, 0.15) is 5.82 Å². The number of hydrogen-bond donors (Lipinski definition) is 1. The quantitative estimate of drug-likeness (QED) is 0.764. The van der Waals surface area contributed by atoms with Gasteiger partial charge in [0.2, 0.25) is 5.91 Å². The molecule has 0 saturated heterocycles. The number of hydrogen-bond acceptors (Lipinski definition) is 4. The minimum absolute atomic E-state index is 0.137. The molecule has 1 amide bonds. The Morgan fingerprint density at radius 2 is 2.05 bits per heavy atom. The average molecular weight is 318 g/mol. The van der Waals surface area contributed by atoms with Crippen molar-refractivity contribution in [3.05, 3.63) is 47.6 Å². The van der Waals surface area contributed by atoms with Crippen LogP contribution in [0.1, 0.15) is 6.92 Å². The Balaban J connectivity index is 1.88. The lowest BCUT2D eigenvalue weighted by Gasteiger charge is -1.96. The topological polar surface area (TPSA) is 42.0 Å². The van der Waals surface area contributed by atoms with Crippen molar-refractivity contribution in [2.24, 2.45) is 0 Å². The first kappa shape index (κ1) is 13.9. The van der Waals surface area contributed by atoms with Gasteiger partial charge in [-0.25, -0.2) is 9.37 Å². The van der Waals surface area contributed by atoms with E-state index in [2.05, 4.69) is 10.3 Å². The number of halogens is 1. The summed E-state index contributed by atoms with van der Waals surface area (Å²) in [5.41, 5.74) is 1.67. The van der Waals surface area contributed by atoms with E-state index in [1.807, 2.05) is 23.6 Å². The number of aromatic nitrogens is 1. The van der Waals surface area contributed by atoms with Crippen LogP contribution in [0, 0.1) is 5.82 Å². The van der Waals surface area contributed by atoms with Gasteiger partial charge in [0, 0.05) is 17.2 Å². The Morgan fingerprint density at radius 3 is 2.81 bits per heavy atom. The minimum atomic E-state index is -0.246. The van der Waals surface area contributed by atoms with Gasteiger partial charge < -0.3 is 5.32 Å². The fraction of sp³-hybridized carbons (Fsp3) is 0.0667. The number of carbonyl (C=O) groups is 1. The van der Waals surface area contributed by atoms with Crippen LogP contribution >= 0.6 is 22.7 Å². The molecule has 0 atom stereocenters. The first-order valence-corrected chi connectivity index (χ1v) is 7.91. The van der Waals surface area contributed by atoms with Crippen molar-refractivity contribution in [1.29, 1.82) is 0 Å². The maximum atomic E-state index is 13.3. The Morgan fingerprint density at radius 1 is 1.24 bits per heavy atom. The number of amides is 1. The highest BCUT2D eigenvalue weighted by Gasteiger charge is 2.09. The summed E-state index contributed by atoms with van der Waals surface area (Å²) in [5.74, 6) is -0.383. The van der Waals surface area contributed by atoms with E-state index >= 15 is 0 Å². The molecule has 6 heteroatoms. The monoisotopic (exact) mass is 318 g/mol. The number of carbonyl (C=O) groups excluding carboxylic acids is 1. The molecule has 3 aromatic rings. The normalized spacial score (nSPS) is 10.6. The molecule has 1 N–H and O–H groups in total. The molecule has 3 nitrogen and oxygen atoms in total. The van der Waals surface area contributed by atoms with E-state index in [-0.39, 0.29) is 11.7 Å². The zero-order valence-corrected chi connectivity index (χ0v) is 12.7. The summed E-state index contributed by atoms with van der Waals surface area (Å²) in [7, 11) is 0. The van der Waals surface area contributed by atoms with E-state index < -0.39 is 0 Å². The lowest BCUT2D eigenvalue weighted by Crippen LogP contribution is -2.04. The highest BCUT2D eigenvalue weighted by molar-refractivity contribution is 7.19. The van der Waals surface area contributed by atoms with Crippen molar-refractivity contribution in [2.75, 3.05) is 5.32 Å². The molecule has 0 aliphatic heterocycles. The Labute approximate surface area is 129 Å². The van der Waals surface area contributed by atoms with Crippen LogP contribution in [-0.4, -0.2) is 10.9 Å². The van der Waals surface area contributed by atoms with Crippen molar-refractivity contribution in [3.8, 4) is 21.0 Å². The molecule has 1 aromatic carbocycles. The molecule has 106 valence electrons. The minimum Gasteiger partial charge on any atom is -0.302 e. The molecular formula is C15H11FN2OS2. The third kappa shape index (κ3) is 3.17. The molecule has 0 aliphatic carbocycles. The molecule has 3 rings (SSSR count). The van der Waals surface area contributed by atoms with Crippen molar-refractivity contribution >= 4 is 33.7 Å². The summed E-state index contributed by atoms with van der Waals surface area (Å²) >= 11 is 2.93. The van der Waals surface area contributed by atoms with Crippen molar-refractivity contribution in [2.45, 2.75) is 6.92 Å². The molecule has 2 aromatic heterocycles. The summed E-state index contributed by atoms with van der Waals surface area (Å²) in [4.78, 5) is 17.3. The second-order valence-corrected chi connectivity index (χ2v) is 6.34. The second-order valence-electron chi connectivity index (χ2n) is 4.39. The number of thiophene rings is 1. The molecule has 21 heavy (non-hydrogen) atoms. The first-order chi connectivity index (χ1) is 10.1. The van der Waals surface area contributed by atoms with Gasteiger partial charge in [-0.05, 0) is 29.8 Å². The molecule has 0 unspecified atom stereocenters. The molecule has 0 aliphatic rings. The van der Waals surface area contributed by atoms with Crippen LogP contribution in [0.2, 0.25) is 0 Å². The zero-order chi connectivity index (χ0) is 14.8. The SMILES string of the molecule is CC(=O)Nc1nc(-c2ccc(-c3cccc(F)c3)s2)cs1. The molecule has 0 fully saturated rings. The van der Waals surface area contributed by atoms with Crippen molar-refractivity contribution < 1.29 is 9.18 Å². The van der Waals surface area contributed by atoms with Gasteiger partial charge in [-0.2, -0.15) is 0 Å². The largest absolute Gasteiger partial charge is 0.302 e. The Hall–Kier alpha value is -2.05. The van der Waals surface area contributed by atoms with Crippen molar-refractivity contribution in [3.63, 3.8) is 0 Å². The van der Waals surface area contributed by atoms with Gasteiger partial charge in [0.15, 0.2) is 5.13 Å². The summed E-state index contributed by atoms with van der Waals surface area (Å²) in [6.07, 6.45) is 0. The van der Waals surface area contributed by atoms with E-state index in [9.17, 15) is 9.18 Å². The summed E-state index contributed by atoms with van der Waals surface area (Å²) < 4.78 is 13.3. The van der Waals surface area contributed by atoms with Gasteiger partial charge in [-0.15, -0.1) is 22.7 Å². The molecule has 2 heterocycles. The molecule has 0 radical (unpaired) electrons. The number of thiazole rings is 1. The van der Waals surface area contributed by atoms with E-state index in [1.54, 1.807) is 17.4 Å². The third-order valence-corrected chi connectivity index (χ3v) is 4.67. The lowest BCUT2D eigenvalue weighted by molar-refractivity contribution is -0.114. The third-order valence-electron chi connectivity index (χ3n) is 2.75. The maximum absolute atomic E-state index is 13.3. The number of nitrogens with zero attached hydrogens (tertiary/aromatic N) is 1. The Bertz CT molecular complexity index is 794. The summed E-state index contributed by atoms with van der Waals surface area (Å²) in [6, 6.07) is 10.4. The van der Waals surface area contributed by atoms with Gasteiger partial charge in [-0.3, -0.25) is 4.79 Å². The van der Waals surface area contributed by atoms with E-state index in [4.69, 9.17) is 0 Å². The molecule has 0 saturated carbocycles.